The van der Waals surface area contributed by atoms with Gasteiger partial charge >= 0.3 is 5.97 Å². The van der Waals surface area contributed by atoms with Crippen molar-refractivity contribution in [3.63, 3.8) is 0 Å². The molecule has 1 aliphatic carbocycles. The number of hydrogen-bond acceptors (Lipinski definition) is 6. The normalized spacial score (nSPS) is 20.2. The Morgan fingerprint density at radius 2 is 2.10 bits per heavy atom. The molecule has 6 nitrogen and oxygen atoms in total. The van der Waals surface area contributed by atoms with E-state index in [1.54, 1.807) is 0 Å². The van der Waals surface area contributed by atoms with Crippen molar-refractivity contribution in [3.05, 3.63) is 17.5 Å². The Bertz CT molecular complexity index is 537. The molecule has 2 aliphatic rings. The van der Waals surface area contributed by atoms with Crippen LogP contribution in [0.3, 0.4) is 0 Å². The van der Waals surface area contributed by atoms with E-state index < -0.39 is 5.41 Å². The molecule has 0 spiro atoms. The van der Waals surface area contributed by atoms with E-state index >= 15 is 0 Å². The van der Waals surface area contributed by atoms with Gasteiger partial charge in [0, 0.05) is 18.8 Å². The number of hydrogen-bond donors (Lipinski definition) is 0. The lowest BCUT2D eigenvalue weighted by Gasteiger charge is -2.27. The van der Waals surface area contributed by atoms with Crippen LogP contribution in [0.15, 0.2) is 6.07 Å². The summed E-state index contributed by atoms with van der Waals surface area (Å²) in [6.07, 6.45) is 1.62. The van der Waals surface area contributed by atoms with E-state index in [0.29, 0.717) is 25.8 Å². The standard InChI is InChI=1S/C15H21N3O3/c1-3-21-13(19)15(4-5-15)12-10-11(2)16-14(17-12)18-6-8-20-9-7-18/h10H,3-9H2,1-2H3. The van der Waals surface area contributed by atoms with Gasteiger partial charge in [0.25, 0.3) is 0 Å². The van der Waals surface area contributed by atoms with Crippen molar-refractivity contribution in [1.29, 1.82) is 0 Å². The molecule has 0 unspecified atom stereocenters. The van der Waals surface area contributed by atoms with Crippen molar-refractivity contribution >= 4 is 11.9 Å². The monoisotopic (exact) mass is 291 g/mol. The first-order chi connectivity index (χ1) is 10.2. The van der Waals surface area contributed by atoms with Gasteiger partial charge in [-0.25, -0.2) is 9.97 Å². The van der Waals surface area contributed by atoms with Crippen molar-refractivity contribution in [2.75, 3.05) is 37.8 Å². The fourth-order valence-corrected chi connectivity index (χ4v) is 2.66. The first-order valence-electron chi connectivity index (χ1n) is 7.52. The van der Waals surface area contributed by atoms with E-state index in [4.69, 9.17) is 9.47 Å². The van der Waals surface area contributed by atoms with Gasteiger partial charge in [-0.15, -0.1) is 0 Å². The summed E-state index contributed by atoms with van der Waals surface area (Å²) in [4.78, 5) is 23.5. The largest absolute Gasteiger partial charge is 0.465 e. The van der Waals surface area contributed by atoms with Crippen LogP contribution in [-0.4, -0.2) is 48.8 Å². The van der Waals surface area contributed by atoms with Crippen LogP contribution in [0, 0.1) is 6.92 Å². The van der Waals surface area contributed by atoms with Crippen molar-refractivity contribution in [2.24, 2.45) is 0 Å². The first kappa shape index (κ1) is 14.3. The summed E-state index contributed by atoms with van der Waals surface area (Å²) in [7, 11) is 0. The van der Waals surface area contributed by atoms with Gasteiger partial charge in [-0.2, -0.15) is 0 Å². The van der Waals surface area contributed by atoms with Crippen LogP contribution in [0.2, 0.25) is 0 Å². The Balaban J connectivity index is 1.89. The second kappa shape index (κ2) is 5.60. The Morgan fingerprint density at radius 1 is 1.38 bits per heavy atom. The summed E-state index contributed by atoms with van der Waals surface area (Å²) < 4.78 is 10.6. The van der Waals surface area contributed by atoms with Gasteiger partial charge in [-0.05, 0) is 32.8 Å². The lowest BCUT2D eigenvalue weighted by Crippen LogP contribution is -2.38. The number of aromatic nitrogens is 2. The summed E-state index contributed by atoms with van der Waals surface area (Å²) in [5, 5.41) is 0. The summed E-state index contributed by atoms with van der Waals surface area (Å²) >= 11 is 0. The van der Waals surface area contributed by atoms with Gasteiger partial charge < -0.3 is 14.4 Å². The van der Waals surface area contributed by atoms with Gasteiger partial charge in [0.15, 0.2) is 0 Å². The van der Waals surface area contributed by atoms with Crippen LogP contribution < -0.4 is 4.90 Å². The van der Waals surface area contributed by atoms with Crippen LogP contribution >= 0.6 is 0 Å². The molecular weight excluding hydrogens is 270 g/mol. The lowest BCUT2D eigenvalue weighted by molar-refractivity contribution is -0.146. The highest BCUT2D eigenvalue weighted by atomic mass is 16.5. The zero-order valence-electron chi connectivity index (χ0n) is 12.6. The predicted molar refractivity (Wildman–Crippen MR) is 77.3 cm³/mol. The average Bonchev–Trinajstić information content (AvgIpc) is 3.29. The Labute approximate surface area is 124 Å². The van der Waals surface area contributed by atoms with E-state index in [0.717, 1.165) is 37.3 Å². The highest BCUT2D eigenvalue weighted by Gasteiger charge is 2.54. The third-order valence-electron chi connectivity index (χ3n) is 4.04. The quantitative estimate of drug-likeness (QED) is 0.777. The van der Waals surface area contributed by atoms with Crippen LogP contribution in [-0.2, 0) is 19.7 Å². The number of esters is 1. The molecule has 0 aromatic carbocycles. The summed E-state index contributed by atoms with van der Waals surface area (Å²) in [5.74, 6) is 0.542. The number of ether oxygens (including phenoxy) is 2. The topological polar surface area (TPSA) is 64.5 Å². The molecule has 21 heavy (non-hydrogen) atoms. The molecule has 6 heteroatoms. The van der Waals surface area contributed by atoms with Crippen molar-refractivity contribution in [1.82, 2.24) is 9.97 Å². The molecule has 1 saturated heterocycles. The van der Waals surface area contributed by atoms with Gasteiger partial charge in [-0.3, -0.25) is 4.79 Å². The molecule has 2 fully saturated rings. The lowest BCUT2D eigenvalue weighted by atomic mass is 10.0. The number of anilines is 1. The Morgan fingerprint density at radius 3 is 2.71 bits per heavy atom. The molecule has 1 saturated carbocycles. The molecule has 0 N–H and O–H groups in total. The molecule has 114 valence electrons. The number of aryl methyl sites for hydroxylation is 1. The van der Waals surface area contributed by atoms with E-state index in [-0.39, 0.29) is 5.97 Å². The minimum atomic E-state index is -0.537. The minimum absolute atomic E-state index is 0.156. The number of nitrogens with zero attached hydrogens (tertiary/aromatic N) is 3. The maximum atomic E-state index is 12.2. The van der Waals surface area contributed by atoms with E-state index in [2.05, 4.69) is 14.9 Å². The Kier molecular flexibility index (Phi) is 3.80. The number of rotatable bonds is 4. The maximum absolute atomic E-state index is 12.2. The molecule has 2 heterocycles. The smallest absolute Gasteiger partial charge is 0.318 e. The van der Waals surface area contributed by atoms with Crippen molar-refractivity contribution in [3.8, 4) is 0 Å². The van der Waals surface area contributed by atoms with Gasteiger partial charge in [-0.1, -0.05) is 0 Å². The molecule has 1 aromatic heterocycles. The first-order valence-corrected chi connectivity index (χ1v) is 7.52. The molecule has 1 aromatic rings. The molecule has 0 radical (unpaired) electrons. The number of morpholine rings is 1. The number of carbonyl (C=O) groups is 1. The van der Waals surface area contributed by atoms with Gasteiger partial charge in [0.05, 0.1) is 25.5 Å². The van der Waals surface area contributed by atoms with Crippen LogP contribution in [0.25, 0.3) is 0 Å². The second-order valence-electron chi connectivity index (χ2n) is 5.60. The zero-order chi connectivity index (χ0) is 14.9. The molecular formula is C15H21N3O3. The highest BCUT2D eigenvalue weighted by Crippen LogP contribution is 2.48. The van der Waals surface area contributed by atoms with Crippen molar-refractivity contribution in [2.45, 2.75) is 32.1 Å². The Hall–Kier alpha value is -1.69. The summed E-state index contributed by atoms with van der Waals surface area (Å²) in [6, 6.07) is 1.91. The fraction of sp³-hybridized carbons (Fsp3) is 0.667. The summed E-state index contributed by atoms with van der Waals surface area (Å²) in [5.41, 5.74) is 1.15. The van der Waals surface area contributed by atoms with Crippen LogP contribution in [0.5, 0.6) is 0 Å². The average molecular weight is 291 g/mol. The molecule has 0 atom stereocenters. The fourth-order valence-electron chi connectivity index (χ4n) is 2.66. The second-order valence-corrected chi connectivity index (χ2v) is 5.60. The predicted octanol–water partition coefficient (Wildman–Crippen LogP) is 1.22. The summed E-state index contributed by atoms with van der Waals surface area (Å²) in [6.45, 7) is 7.13. The SMILES string of the molecule is CCOC(=O)C1(c2cc(C)nc(N3CCOCC3)n2)CC1. The number of carbonyl (C=O) groups excluding carboxylic acids is 1. The van der Waals surface area contributed by atoms with Gasteiger partial charge in [0.2, 0.25) is 5.95 Å². The van der Waals surface area contributed by atoms with Crippen LogP contribution in [0.1, 0.15) is 31.2 Å². The molecule has 0 bridgehead atoms. The van der Waals surface area contributed by atoms with Crippen molar-refractivity contribution < 1.29 is 14.3 Å². The van der Waals surface area contributed by atoms with E-state index in [9.17, 15) is 4.79 Å². The third-order valence-corrected chi connectivity index (χ3v) is 4.04. The van der Waals surface area contributed by atoms with Gasteiger partial charge in [0.1, 0.15) is 5.41 Å². The molecule has 0 amide bonds. The third kappa shape index (κ3) is 2.72. The minimum Gasteiger partial charge on any atom is -0.465 e. The zero-order valence-corrected chi connectivity index (χ0v) is 12.6. The van der Waals surface area contributed by atoms with Crippen LogP contribution in [0.4, 0.5) is 5.95 Å². The van der Waals surface area contributed by atoms with E-state index in [1.807, 2.05) is 19.9 Å². The highest BCUT2D eigenvalue weighted by molar-refractivity contribution is 5.86. The molecule has 3 rings (SSSR count). The molecule has 1 aliphatic heterocycles. The van der Waals surface area contributed by atoms with E-state index in [1.165, 1.54) is 0 Å². The maximum Gasteiger partial charge on any atom is 0.318 e.